The lowest BCUT2D eigenvalue weighted by Crippen LogP contribution is -2.41. The smallest absolute Gasteiger partial charge is 0.399 e. The van der Waals surface area contributed by atoms with Crippen LogP contribution in [0.2, 0.25) is 0 Å². The molecule has 2 aliphatic rings. The molecular weight excluding hydrogens is 249 g/mol. The fraction of sp³-hybridized carbons (Fsp3) is 0.688. The van der Waals surface area contributed by atoms with E-state index in [1.54, 1.807) is 0 Å². The van der Waals surface area contributed by atoms with Crippen molar-refractivity contribution in [3.63, 3.8) is 0 Å². The van der Waals surface area contributed by atoms with E-state index in [0.29, 0.717) is 5.92 Å². The quantitative estimate of drug-likeness (QED) is 0.776. The predicted molar refractivity (Wildman–Crippen MR) is 81.3 cm³/mol. The van der Waals surface area contributed by atoms with Crippen LogP contribution in [-0.4, -0.2) is 23.3 Å². The number of rotatable bonds is 2. The molecular formula is C16H24BNO2. The molecule has 1 aromatic heterocycles. The van der Waals surface area contributed by atoms with Crippen molar-refractivity contribution in [2.75, 3.05) is 0 Å². The summed E-state index contributed by atoms with van der Waals surface area (Å²) in [7, 11) is -0.299. The van der Waals surface area contributed by atoms with Crippen molar-refractivity contribution in [2.24, 2.45) is 0 Å². The van der Waals surface area contributed by atoms with E-state index in [2.05, 4.69) is 38.7 Å². The zero-order chi connectivity index (χ0) is 14.5. The molecule has 0 radical (unpaired) electrons. The molecule has 1 aliphatic heterocycles. The summed E-state index contributed by atoms with van der Waals surface area (Å²) in [5.74, 6) is 0.685. The van der Waals surface area contributed by atoms with E-state index in [9.17, 15) is 0 Å². The molecule has 3 nitrogen and oxygen atoms in total. The number of hydrogen-bond donors (Lipinski definition) is 0. The second-order valence-corrected chi connectivity index (χ2v) is 7.16. The molecule has 0 N–H and O–H groups in total. The van der Waals surface area contributed by atoms with E-state index < -0.39 is 0 Å². The first-order chi connectivity index (χ1) is 9.30. The van der Waals surface area contributed by atoms with Crippen molar-refractivity contribution >= 4 is 12.6 Å². The molecule has 0 bridgehead atoms. The maximum absolute atomic E-state index is 6.16. The second-order valence-electron chi connectivity index (χ2n) is 7.16. The fourth-order valence-corrected chi connectivity index (χ4v) is 2.74. The Balaban J connectivity index is 1.90. The summed E-state index contributed by atoms with van der Waals surface area (Å²) < 4.78 is 12.3. The zero-order valence-electron chi connectivity index (χ0n) is 13.2. The maximum Gasteiger partial charge on any atom is 0.496 e. The Kier molecular flexibility index (Phi) is 3.22. The number of aromatic nitrogens is 1. The maximum atomic E-state index is 6.16. The summed E-state index contributed by atoms with van der Waals surface area (Å²) in [6, 6.07) is 2.24. The standard InChI is InChI=1S/C16H24BNO2/c1-11-14(9-13(10-18-11)12-7-6-8-12)17-19-15(2,3)16(4,5)20-17/h9-10,12H,6-8H2,1-5H3. The molecule has 0 amide bonds. The summed E-state index contributed by atoms with van der Waals surface area (Å²) in [5.41, 5.74) is 2.85. The van der Waals surface area contributed by atoms with Gasteiger partial charge in [-0.3, -0.25) is 4.98 Å². The van der Waals surface area contributed by atoms with Gasteiger partial charge in [0.2, 0.25) is 0 Å². The zero-order valence-corrected chi connectivity index (χ0v) is 13.2. The van der Waals surface area contributed by atoms with E-state index in [0.717, 1.165) is 11.2 Å². The molecule has 3 rings (SSSR count). The van der Waals surface area contributed by atoms with Gasteiger partial charge < -0.3 is 9.31 Å². The van der Waals surface area contributed by atoms with Gasteiger partial charge in [-0.15, -0.1) is 0 Å². The van der Waals surface area contributed by atoms with Crippen molar-refractivity contribution < 1.29 is 9.31 Å². The van der Waals surface area contributed by atoms with Gasteiger partial charge in [0.1, 0.15) is 0 Å². The molecule has 108 valence electrons. The highest BCUT2D eigenvalue weighted by molar-refractivity contribution is 6.62. The van der Waals surface area contributed by atoms with E-state index in [1.165, 1.54) is 24.8 Å². The Bertz CT molecular complexity index is 507. The Morgan fingerprint density at radius 3 is 2.25 bits per heavy atom. The van der Waals surface area contributed by atoms with E-state index in [4.69, 9.17) is 9.31 Å². The molecule has 2 fully saturated rings. The molecule has 4 heteroatoms. The second kappa shape index (κ2) is 4.57. The topological polar surface area (TPSA) is 31.4 Å². The molecule has 2 heterocycles. The molecule has 0 aromatic carbocycles. The third-order valence-corrected chi connectivity index (χ3v) is 5.23. The highest BCUT2D eigenvalue weighted by atomic mass is 16.7. The van der Waals surface area contributed by atoms with E-state index in [1.807, 2.05) is 13.1 Å². The van der Waals surface area contributed by atoms with Gasteiger partial charge in [0.05, 0.1) is 11.2 Å². The Morgan fingerprint density at radius 2 is 1.75 bits per heavy atom. The minimum absolute atomic E-state index is 0.295. The molecule has 0 spiro atoms. The van der Waals surface area contributed by atoms with Gasteiger partial charge in [0, 0.05) is 17.4 Å². The van der Waals surface area contributed by atoms with Crippen LogP contribution in [-0.2, 0) is 9.31 Å². The summed E-state index contributed by atoms with van der Waals surface area (Å²) in [6.07, 6.45) is 5.93. The van der Waals surface area contributed by atoms with Gasteiger partial charge in [-0.2, -0.15) is 0 Å². The van der Waals surface area contributed by atoms with Crippen LogP contribution >= 0.6 is 0 Å². The van der Waals surface area contributed by atoms with Crippen LogP contribution in [0.15, 0.2) is 12.3 Å². The summed E-state index contributed by atoms with van der Waals surface area (Å²) in [6.45, 7) is 10.4. The first-order valence-electron chi connectivity index (χ1n) is 7.62. The van der Waals surface area contributed by atoms with E-state index >= 15 is 0 Å². The first kappa shape index (κ1) is 14.1. The predicted octanol–water partition coefficient (Wildman–Crippen LogP) is 2.96. The van der Waals surface area contributed by atoms with Crippen molar-refractivity contribution in [1.82, 2.24) is 4.98 Å². The highest BCUT2D eigenvalue weighted by Crippen LogP contribution is 2.38. The fourth-order valence-electron chi connectivity index (χ4n) is 2.74. The summed E-state index contributed by atoms with van der Waals surface area (Å²) in [4.78, 5) is 4.56. The average molecular weight is 273 g/mol. The summed E-state index contributed by atoms with van der Waals surface area (Å²) >= 11 is 0. The Morgan fingerprint density at radius 1 is 1.15 bits per heavy atom. The number of pyridine rings is 1. The highest BCUT2D eigenvalue weighted by Gasteiger charge is 2.52. The van der Waals surface area contributed by atoms with Crippen LogP contribution in [0.3, 0.4) is 0 Å². The van der Waals surface area contributed by atoms with Crippen LogP contribution < -0.4 is 5.46 Å². The van der Waals surface area contributed by atoms with Crippen LogP contribution in [0.25, 0.3) is 0 Å². The van der Waals surface area contributed by atoms with Gasteiger partial charge in [-0.05, 0) is 58.9 Å². The molecule has 0 unspecified atom stereocenters. The van der Waals surface area contributed by atoms with Gasteiger partial charge >= 0.3 is 7.12 Å². The molecule has 1 aliphatic carbocycles. The first-order valence-corrected chi connectivity index (χ1v) is 7.62. The molecule has 1 aromatic rings. The Labute approximate surface area is 122 Å². The normalized spacial score (nSPS) is 24.8. The molecule has 1 saturated carbocycles. The van der Waals surface area contributed by atoms with Crippen LogP contribution in [0.4, 0.5) is 0 Å². The third kappa shape index (κ3) is 2.19. The minimum atomic E-state index is -0.299. The number of aryl methyl sites for hydroxylation is 1. The summed E-state index contributed by atoms with van der Waals surface area (Å²) in [5, 5.41) is 0. The van der Waals surface area contributed by atoms with Crippen LogP contribution in [0.1, 0.15) is 64.1 Å². The minimum Gasteiger partial charge on any atom is -0.399 e. The average Bonchev–Trinajstić information content (AvgIpc) is 2.48. The van der Waals surface area contributed by atoms with Crippen LogP contribution in [0.5, 0.6) is 0 Å². The van der Waals surface area contributed by atoms with Crippen molar-refractivity contribution in [3.05, 3.63) is 23.5 Å². The van der Waals surface area contributed by atoms with Gasteiger partial charge in [0.25, 0.3) is 0 Å². The molecule has 1 saturated heterocycles. The molecule has 0 atom stereocenters. The monoisotopic (exact) mass is 273 g/mol. The lowest BCUT2D eigenvalue weighted by molar-refractivity contribution is 0.00578. The number of hydrogen-bond acceptors (Lipinski definition) is 3. The van der Waals surface area contributed by atoms with Gasteiger partial charge in [-0.1, -0.05) is 12.5 Å². The van der Waals surface area contributed by atoms with Crippen molar-refractivity contribution in [3.8, 4) is 0 Å². The lowest BCUT2D eigenvalue weighted by Gasteiger charge is -2.32. The Hall–Kier alpha value is -0.865. The number of nitrogens with zero attached hydrogens (tertiary/aromatic N) is 1. The van der Waals surface area contributed by atoms with Crippen molar-refractivity contribution in [1.29, 1.82) is 0 Å². The van der Waals surface area contributed by atoms with E-state index in [-0.39, 0.29) is 18.3 Å². The lowest BCUT2D eigenvalue weighted by atomic mass is 9.74. The van der Waals surface area contributed by atoms with Crippen LogP contribution in [0, 0.1) is 6.92 Å². The molecule has 20 heavy (non-hydrogen) atoms. The third-order valence-electron chi connectivity index (χ3n) is 5.23. The SMILES string of the molecule is Cc1ncc(C2CCC2)cc1B1OC(C)(C)C(C)(C)O1. The largest absolute Gasteiger partial charge is 0.496 e. The van der Waals surface area contributed by atoms with Gasteiger partial charge in [-0.25, -0.2) is 0 Å². The van der Waals surface area contributed by atoms with Gasteiger partial charge in [0.15, 0.2) is 0 Å². The van der Waals surface area contributed by atoms with Crippen molar-refractivity contribution in [2.45, 2.75) is 71.0 Å².